The number of aromatic nitrogens is 6. The third kappa shape index (κ3) is 3.60. The number of pyridine rings is 1. The molecule has 0 amide bonds. The fourth-order valence-corrected chi connectivity index (χ4v) is 3.30. The predicted molar refractivity (Wildman–Crippen MR) is 95.5 cm³/mol. The number of fused-ring (bicyclic) bond motifs is 1. The van der Waals surface area contributed by atoms with Crippen molar-refractivity contribution in [2.24, 2.45) is 0 Å². The molecule has 0 radical (unpaired) electrons. The van der Waals surface area contributed by atoms with Crippen molar-refractivity contribution in [2.75, 3.05) is 6.54 Å². The van der Waals surface area contributed by atoms with E-state index in [0.717, 1.165) is 49.1 Å². The number of nitrogens with zero attached hydrogens (tertiary/aromatic N) is 6. The van der Waals surface area contributed by atoms with Crippen molar-refractivity contribution in [2.45, 2.75) is 46.0 Å². The lowest BCUT2D eigenvalue weighted by Gasteiger charge is -2.25. The Kier molecular flexibility index (Phi) is 4.66. The Morgan fingerprint density at radius 3 is 2.96 bits per heavy atom. The number of aryl methyl sites for hydroxylation is 1. The van der Waals surface area contributed by atoms with Crippen molar-refractivity contribution in [3.63, 3.8) is 0 Å². The number of hydrogen-bond acceptors (Lipinski definition) is 6. The van der Waals surface area contributed by atoms with Gasteiger partial charge in [-0.25, -0.2) is 4.98 Å². The molecule has 1 atom stereocenters. The zero-order valence-corrected chi connectivity index (χ0v) is 15.1. The van der Waals surface area contributed by atoms with E-state index in [1.54, 1.807) is 6.20 Å². The highest BCUT2D eigenvalue weighted by molar-refractivity contribution is 5.10. The van der Waals surface area contributed by atoms with Crippen LogP contribution in [0.3, 0.4) is 0 Å². The molecule has 0 saturated heterocycles. The molecular weight excluding hydrogens is 330 g/mol. The average molecular weight is 353 g/mol. The molecule has 1 aliphatic heterocycles. The Bertz CT molecular complexity index is 858. The van der Waals surface area contributed by atoms with Gasteiger partial charge in [0.1, 0.15) is 12.4 Å². The predicted octanol–water partition coefficient (Wildman–Crippen LogP) is 1.73. The van der Waals surface area contributed by atoms with E-state index in [9.17, 15) is 0 Å². The van der Waals surface area contributed by atoms with Crippen LogP contribution in [0.25, 0.3) is 0 Å². The Morgan fingerprint density at radius 2 is 2.19 bits per heavy atom. The van der Waals surface area contributed by atoms with Crippen LogP contribution in [-0.2, 0) is 26.1 Å². The van der Waals surface area contributed by atoms with E-state index in [0.29, 0.717) is 18.5 Å². The first-order valence-electron chi connectivity index (χ1n) is 8.89. The highest BCUT2D eigenvalue weighted by atomic mass is 16.5. The Balaban J connectivity index is 1.44. The number of rotatable bonds is 5. The summed E-state index contributed by atoms with van der Waals surface area (Å²) in [5, 5.41) is 16.1. The van der Waals surface area contributed by atoms with Gasteiger partial charge >= 0.3 is 0 Å². The van der Waals surface area contributed by atoms with Crippen molar-refractivity contribution in [3.8, 4) is 5.88 Å². The van der Waals surface area contributed by atoms with Crippen molar-refractivity contribution in [1.29, 1.82) is 0 Å². The minimum absolute atomic E-state index is 0.372. The molecular formula is C18H23N7O. The first kappa shape index (κ1) is 16.7. The van der Waals surface area contributed by atoms with Crippen molar-refractivity contribution in [3.05, 3.63) is 53.5 Å². The largest absolute Gasteiger partial charge is 0.469 e. The van der Waals surface area contributed by atoms with E-state index in [1.165, 1.54) is 0 Å². The molecule has 8 heteroatoms. The standard InChI is InChI=1S/C18H23N7O/c1-13-9-15(21-20-13)11-24-7-8-25-16(10-14(24)2)22-23-17(25)12-26-18-5-3-4-6-19-18/h3-6,9,14H,7-8,10-12H2,1-2H3,(H,20,21)/t14-/m1/s1. The molecule has 3 aromatic heterocycles. The van der Waals surface area contributed by atoms with E-state index >= 15 is 0 Å². The minimum Gasteiger partial charge on any atom is -0.469 e. The van der Waals surface area contributed by atoms with Gasteiger partial charge in [-0.3, -0.25) is 10.00 Å². The smallest absolute Gasteiger partial charge is 0.213 e. The zero-order chi connectivity index (χ0) is 17.9. The number of nitrogens with one attached hydrogen (secondary N) is 1. The van der Waals surface area contributed by atoms with Crippen LogP contribution in [0.1, 0.15) is 30.0 Å². The molecule has 136 valence electrons. The summed E-state index contributed by atoms with van der Waals surface area (Å²) in [6.07, 6.45) is 2.58. The van der Waals surface area contributed by atoms with Crippen LogP contribution in [0.2, 0.25) is 0 Å². The van der Waals surface area contributed by atoms with Crippen LogP contribution in [0, 0.1) is 6.92 Å². The van der Waals surface area contributed by atoms with Gasteiger partial charge in [-0.1, -0.05) is 6.07 Å². The van der Waals surface area contributed by atoms with E-state index in [-0.39, 0.29) is 0 Å². The van der Waals surface area contributed by atoms with E-state index in [2.05, 4.69) is 47.8 Å². The average Bonchev–Trinajstić information content (AvgIpc) is 3.19. The first-order valence-corrected chi connectivity index (χ1v) is 8.89. The quantitative estimate of drug-likeness (QED) is 0.752. The number of ether oxygens (including phenoxy) is 1. The summed E-state index contributed by atoms with van der Waals surface area (Å²) in [4.78, 5) is 6.62. The highest BCUT2D eigenvalue weighted by Crippen LogP contribution is 2.18. The zero-order valence-electron chi connectivity index (χ0n) is 15.1. The van der Waals surface area contributed by atoms with Crippen LogP contribution >= 0.6 is 0 Å². The van der Waals surface area contributed by atoms with Gasteiger partial charge in [-0.15, -0.1) is 10.2 Å². The van der Waals surface area contributed by atoms with Gasteiger partial charge in [0.15, 0.2) is 5.82 Å². The lowest BCUT2D eigenvalue weighted by atomic mass is 10.2. The molecule has 4 rings (SSSR count). The summed E-state index contributed by atoms with van der Waals surface area (Å²) in [6, 6.07) is 8.09. The number of H-pyrrole nitrogens is 1. The lowest BCUT2D eigenvalue weighted by Crippen LogP contribution is -2.34. The van der Waals surface area contributed by atoms with Gasteiger partial charge in [0.05, 0.1) is 5.69 Å². The molecule has 0 spiro atoms. The Labute approximate surface area is 152 Å². The minimum atomic E-state index is 0.372. The lowest BCUT2D eigenvalue weighted by molar-refractivity contribution is 0.198. The van der Waals surface area contributed by atoms with Crippen molar-refractivity contribution < 1.29 is 4.74 Å². The van der Waals surface area contributed by atoms with Crippen LogP contribution in [0.5, 0.6) is 5.88 Å². The van der Waals surface area contributed by atoms with Crippen molar-refractivity contribution in [1.82, 2.24) is 34.8 Å². The summed E-state index contributed by atoms with van der Waals surface area (Å²) in [7, 11) is 0. The number of aromatic amines is 1. The monoisotopic (exact) mass is 353 g/mol. The normalized spacial score (nSPS) is 17.7. The van der Waals surface area contributed by atoms with Gasteiger partial charge in [-0.2, -0.15) is 5.10 Å². The summed E-state index contributed by atoms with van der Waals surface area (Å²) in [5.41, 5.74) is 2.17. The second-order valence-electron chi connectivity index (χ2n) is 6.71. The first-order chi connectivity index (χ1) is 12.7. The molecule has 0 bridgehead atoms. The van der Waals surface area contributed by atoms with E-state index < -0.39 is 0 Å². The van der Waals surface area contributed by atoms with E-state index in [1.807, 2.05) is 25.1 Å². The van der Waals surface area contributed by atoms with E-state index in [4.69, 9.17) is 4.74 Å². The number of hydrogen-bond donors (Lipinski definition) is 1. The van der Waals surface area contributed by atoms with Crippen LogP contribution in [0.4, 0.5) is 0 Å². The second kappa shape index (κ2) is 7.25. The molecule has 0 unspecified atom stereocenters. The summed E-state index contributed by atoms with van der Waals surface area (Å²) in [5.74, 6) is 2.45. The molecule has 26 heavy (non-hydrogen) atoms. The molecule has 1 N–H and O–H groups in total. The molecule has 4 heterocycles. The molecule has 0 aromatic carbocycles. The topological polar surface area (TPSA) is 84.8 Å². The summed E-state index contributed by atoms with van der Waals surface area (Å²) in [6.45, 7) is 7.23. The third-order valence-electron chi connectivity index (χ3n) is 4.73. The maximum Gasteiger partial charge on any atom is 0.213 e. The summed E-state index contributed by atoms with van der Waals surface area (Å²) < 4.78 is 7.92. The Hall–Kier alpha value is -2.74. The maximum absolute atomic E-state index is 5.75. The van der Waals surface area contributed by atoms with Gasteiger partial charge < -0.3 is 9.30 Å². The molecule has 0 aliphatic carbocycles. The molecule has 0 fully saturated rings. The fraction of sp³-hybridized carbons (Fsp3) is 0.444. The fourth-order valence-electron chi connectivity index (χ4n) is 3.30. The van der Waals surface area contributed by atoms with Crippen LogP contribution in [0.15, 0.2) is 30.5 Å². The third-order valence-corrected chi connectivity index (χ3v) is 4.73. The molecule has 8 nitrogen and oxygen atoms in total. The van der Waals surface area contributed by atoms with Crippen molar-refractivity contribution >= 4 is 0 Å². The maximum atomic E-state index is 5.75. The SMILES string of the molecule is Cc1cc(CN2CCn3c(COc4ccccn4)nnc3C[C@H]2C)n[nH]1. The summed E-state index contributed by atoms with van der Waals surface area (Å²) >= 11 is 0. The van der Waals surface area contributed by atoms with Crippen LogP contribution in [-0.4, -0.2) is 47.4 Å². The van der Waals surface area contributed by atoms with Crippen LogP contribution < -0.4 is 4.74 Å². The highest BCUT2D eigenvalue weighted by Gasteiger charge is 2.24. The van der Waals surface area contributed by atoms with Gasteiger partial charge in [0, 0.05) is 50.1 Å². The second-order valence-corrected chi connectivity index (χ2v) is 6.71. The molecule has 0 saturated carbocycles. The van der Waals surface area contributed by atoms with Gasteiger partial charge in [-0.05, 0) is 26.0 Å². The molecule has 3 aromatic rings. The Morgan fingerprint density at radius 1 is 1.27 bits per heavy atom. The van der Waals surface area contributed by atoms with Gasteiger partial charge in [0.2, 0.25) is 5.88 Å². The van der Waals surface area contributed by atoms with Gasteiger partial charge in [0.25, 0.3) is 0 Å². The molecule has 1 aliphatic rings.